The fourth-order valence-corrected chi connectivity index (χ4v) is 3.97. The highest BCUT2D eigenvalue weighted by atomic mass is 35.5. The average molecular weight is 441 g/mol. The number of anilines is 2. The summed E-state index contributed by atoms with van der Waals surface area (Å²) in [6, 6.07) is 5.40. The van der Waals surface area contributed by atoms with Gasteiger partial charge in [-0.3, -0.25) is 0 Å². The van der Waals surface area contributed by atoms with Crippen LogP contribution < -0.4 is 10.6 Å². The van der Waals surface area contributed by atoms with E-state index in [1.165, 1.54) is 0 Å². The molecule has 28 heavy (non-hydrogen) atoms. The molecule has 0 saturated carbocycles. The summed E-state index contributed by atoms with van der Waals surface area (Å²) in [5, 5.41) is 7.28. The summed E-state index contributed by atoms with van der Waals surface area (Å²) in [6.45, 7) is 7.48. The maximum Gasteiger partial charge on any atom is 0.348 e. The molecule has 0 fully saturated rings. The number of benzene rings is 1. The predicted molar refractivity (Wildman–Crippen MR) is 117 cm³/mol. The van der Waals surface area contributed by atoms with Gasteiger partial charge in [0.05, 0.1) is 18.8 Å². The van der Waals surface area contributed by atoms with Crippen molar-refractivity contribution in [1.29, 1.82) is 0 Å². The minimum atomic E-state index is -0.531. The molecule has 150 valence electrons. The van der Waals surface area contributed by atoms with Crippen LogP contribution in [0.5, 0.6) is 0 Å². The van der Waals surface area contributed by atoms with E-state index < -0.39 is 11.9 Å². The third-order valence-corrected chi connectivity index (χ3v) is 5.39. The second kappa shape index (κ2) is 9.86. The summed E-state index contributed by atoms with van der Waals surface area (Å²) in [5.74, 6) is -1.02. The first-order valence-corrected chi connectivity index (χ1v) is 10.2. The van der Waals surface area contributed by atoms with Crippen molar-refractivity contribution in [2.45, 2.75) is 27.7 Å². The Labute approximate surface area is 178 Å². The van der Waals surface area contributed by atoms with Crippen molar-refractivity contribution in [2.75, 3.05) is 23.8 Å². The van der Waals surface area contributed by atoms with E-state index in [0.29, 0.717) is 20.5 Å². The second-order valence-corrected chi connectivity index (χ2v) is 7.60. The van der Waals surface area contributed by atoms with E-state index in [1.807, 2.05) is 13.0 Å². The van der Waals surface area contributed by atoms with Crippen LogP contribution >= 0.6 is 35.2 Å². The number of thiocarbonyl (C=S) groups is 1. The lowest BCUT2D eigenvalue weighted by atomic mass is 10.1. The Morgan fingerprint density at radius 2 is 1.75 bits per heavy atom. The third-order valence-electron chi connectivity index (χ3n) is 3.76. The standard InChI is InChI=1S/C19H21ClN2O4S2/c1-5-25-17(23)14-11(4)15(18(24)26-6-2)28-16(14)22-19(27)21-13-9-12(20)8-7-10(13)3/h7-9H,5-6H2,1-4H3,(H2,21,22,27). The van der Waals surface area contributed by atoms with Gasteiger partial charge in [0.15, 0.2) is 5.11 Å². The van der Waals surface area contributed by atoms with Crippen molar-refractivity contribution in [3.8, 4) is 0 Å². The van der Waals surface area contributed by atoms with Gasteiger partial charge < -0.3 is 20.1 Å². The van der Waals surface area contributed by atoms with E-state index in [4.69, 9.17) is 33.3 Å². The van der Waals surface area contributed by atoms with Crippen molar-refractivity contribution in [3.05, 3.63) is 44.8 Å². The van der Waals surface area contributed by atoms with Crippen LogP contribution in [-0.2, 0) is 9.47 Å². The number of nitrogens with one attached hydrogen (secondary N) is 2. The fourth-order valence-electron chi connectivity index (χ4n) is 2.43. The SMILES string of the molecule is CCOC(=O)c1sc(NC(=S)Nc2cc(Cl)ccc2C)c(C(=O)OCC)c1C. The number of thiophene rings is 1. The molecule has 0 aliphatic rings. The molecule has 0 aliphatic heterocycles. The van der Waals surface area contributed by atoms with Gasteiger partial charge in [-0.05, 0) is 63.2 Å². The summed E-state index contributed by atoms with van der Waals surface area (Å²) in [4.78, 5) is 25.0. The van der Waals surface area contributed by atoms with Crippen LogP contribution in [0.4, 0.5) is 10.7 Å². The Bertz CT molecular complexity index is 912. The van der Waals surface area contributed by atoms with Crippen LogP contribution in [0.1, 0.15) is 45.0 Å². The summed E-state index contributed by atoms with van der Waals surface area (Å²) in [5.41, 5.74) is 2.45. The molecule has 0 spiro atoms. The molecule has 2 rings (SSSR count). The van der Waals surface area contributed by atoms with E-state index in [0.717, 1.165) is 22.6 Å². The zero-order chi connectivity index (χ0) is 20.8. The number of hydrogen-bond donors (Lipinski definition) is 2. The van der Waals surface area contributed by atoms with E-state index in [2.05, 4.69) is 10.6 Å². The molecule has 0 aliphatic carbocycles. The molecule has 2 aromatic rings. The van der Waals surface area contributed by atoms with Crippen LogP contribution in [0, 0.1) is 13.8 Å². The van der Waals surface area contributed by atoms with E-state index in [-0.39, 0.29) is 23.9 Å². The molecule has 0 amide bonds. The summed E-state index contributed by atoms with van der Waals surface area (Å²) in [6.07, 6.45) is 0. The Kier molecular flexibility index (Phi) is 7.79. The molecule has 1 aromatic heterocycles. The van der Waals surface area contributed by atoms with Gasteiger partial charge >= 0.3 is 11.9 Å². The zero-order valence-corrected chi connectivity index (χ0v) is 18.4. The number of carbonyl (C=O) groups excluding carboxylic acids is 2. The lowest BCUT2D eigenvalue weighted by molar-refractivity contribution is 0.0527. The highest BCUT2D eigenvalue weighted by molar-refractivity contribution is 7.80. The predicted octanol–water partition coefficient (Wildman–Crippen LogP) is 5.18. The smallest absolute Gasteiger partial charge is 0.348 e. The van der Waals surface area contributed by atoms with E-state index in [1.54, 1.807) is 32.9 Å². The molecule has 0 atom stereocenters. The zero-order valence-electron chi connectivity index (χ0n) is 16.0. The molecule has 2 N–H and O–H groups in total. The minimum absolute atomic E-state index is 0.215. The first-order chi connectivity index (χ1) is 13.3. The monoisotopic (exact) mass is 440 g/mol. The average Bonchev–Trinajstić information content (AvgIpc) is 2.94. The number of esters is 2. The van der Waals surface area contributed by atoms with Crippen molar-refractivity contribution in [1.82, 2.24) is 0 Å². The molecule has 1 aromatic carbocycles. The largest absolute Gasteiger partial charge is 0.462 e. The Balaban J connectivity index is 2.33. The minimum Gasteiger partial charge on any atom is -0.462 e. The highest BCUT2D eigenvalue weighted by Gasteiger charge is 2.26. The molecule has 9 heteroatoms. The topological polar surface area (TPSA) is 76.7 Å². The van der Waals surface area contributed by atoms with Gasteiger partial charge in [-0.15, -0.1) is 11.3 Å². The lowest BCUT2D eigenvalue weighted by Crippen LogP contribution is -2.20. The fraction of sp³-hybridized carbons (Fsp3) is 0.316. The Morgan fingerprint density at radius 1 is 1.11 bits per heavy atom. The van der Waals surface area contributed by atoms with Crippen LogP contribution in [0.2, 0.25) is 5.02 Å². The van der Waals surface area contributed by atoms with E-state index >= 15 is 0 Å². The number of aryl methyl sites for hydroxylation is 1. The van der Waals surface area contributed by atoms with Gasteiger partial charge in [0.25, 0.3) is 0 Å². The van der Waals surface area contributed by atoms with Crippen LogP contribution in [0.15, 0.2) is 18.2 Å². The Morgan fingerprint density at radius 3 is 2.39 bits per heavy atom. The number of halogens is 1. The van der Waals surface area contributed by atoms with Crippen LogP contribution in [0.3, 0.4) is 0 Å². The number of carbonyl (C=O) groups is 2. The molecule has 0 saturated heterocycles. The summed E-state index contributed by atoms with van der Waals surface area (Å²) >= 11 is 12.5. The van der Waals surface area contributed by atoms with Gasteiger partial charge in [-0.1, -0.05) is 17.7 Å². The van der Waals surface area contributed by atoms with E-state index in [9.17, 15) is 9.59 Å². The first-order valence-electron chi connectivity index (χ1n) is 8.60. The van der Waals surface area contributed by atoms with Crippen molar-refractivity contribution < 1.29 is 19.1 Å². The van der Waals surface area contributed by atoms with Crippen molar-refractivity contribution in [2.24, 2.45) is 0 Å². The molecule has 0 unspecified atom stereocenters. The normalized spacial score (nSPS) is 10.3. The van der Waals surface area contributed by atoms with Gasteiger partial charge in [-0.25, -0.2) is 9.59 Å². The maximum atomic E-state index is 12.4. The van der Waals surface area contributed by atoms with Crippen LogP contribution in [0.25, 0.3) is 0 Å². The molecular formula is C19H21ClN2O4S2. The molecular weight excluding hydrogens is 420 g/mol. The number of ether oxygens (including phenoxy) is 2. The highest BCUT2D eigenvalue weighted by Crippen LogP contribution is 2.34. The van der Waals surface area contributed by atoms with Crippen molar-refractivity contribution in [3.63, 3.8) is 0 Å². The van der Waals surface area contributed by atoms with Gasteiger partial charge in [-0.2, -0.15) is 0 Å². The molecule has 1 heterocycles. The van der Waals surface area contributed by atoms with Gasteiger partial charge in [0.2, 0.25) is 0 Å². The summed E-state index contributed by atoms with van der Waals surface area (Å²) < 4.78 is 10.2. The lowest BCUT2D eigenvalue weighted by Gasteiger charge is -2.13. The first kappa shape index (κ1) is 22.1. The van der Waals surface area contributed by atoms with Gasteiger partial charge in [0.1, 0.15) is 9.88 Å². The number of rotatable bonds is 6. The van der Waals surface area contributed by atoms with Gasteiger partial charge in [0, 0.05) is 10.7 Å². The molecule has 0 radical (unpaired) electrons. The number of hydrogen-bond acceptors (Lipinski definition) is 6. The molecule has 0 bridgehead atoms. The van der Waals surface area contributed by atoms with Crippen molar-refractivity contribution >= 4 is 62.9 Å². The Hall–Kier alpha value is -2.16. The third kappa shape index (κ3) is 5.21. The maximum absolute atomic E-state index is 12.4. The second-order valence-electron chi connectivity index (χ2n) is 5.74. The van der Waals surface area contributed by atoms with Crippen LogP contribution in [-0.4, -0.2) is 30.3 Å². The molecule has 6 nitrogen and oxygen atoms in total. The quantitative estimate of drug-likeness (QED) is 0.473. The summed E-state index contributed by atoms with van der Waals surface area (Å²) in [7, 11) is 0.